The van der Waals surface area contributed by atoms with Gasteiger partial charge in [-0.2, -0.15) is 0 Å². The summed E-state index contributed by atoms with van der Waals surface area (Å²) in [5.74, 6) is -0.934. The maximum absolute atomic E-state index is 11.3. The average Bonchev–Trinajstić information content (AvgIpc) is 3.05. The van der Waals surface area contributed by atoms with Crippen molar-refractivity contribution in [2.45, 2.75) is 12.5 Å². The molecule has 1 atom stereocenters. The Bertz CT molecular complexity index is 663. The minimum Gasteiger partial charge on any atom is -0.504 e. The van der Waals surface area contributed by atoms with E-state index in [2.05, 4.69) is 4.99 Å². The first-order valence-electron chi connectivity index (χ1n) is 8.53. The zero-order chi connectivity index (χ0) is 19.7. The largest absolute Gasteiger partial charge is 0.504 e. The Hall–Kier alpha value is -2.36. The first kappa shape index (κ1) is 20.9. The second-order valence-electron chi connectivity index (χ2n) is 6.00. The van der Waals surface area contributed by atoms with Crippen molar-refractivity contribution in [3.63, 3.8) is 0 Å². The number of aromatic hydroxyl groups is 1. The molecular formula is C18H25NO8. The second kappa shape index (κ2) is 10.1. The van der Waals surface area contributed by atoms with Gasteiger partial charge in [0.05, 0.1) is 38.6 Å². The third kappa shape index (κ3) is 5.81. The van der Waals surface area contributed by atoms with Crippen molar-refractivity contribution >= 4 is 11.9 Å². The third-order valence-corrected chi connectivity index (χ3v) is 3.82. The van der Waals surface area contributed by atoms with Crippen LogP contribution in [0.4, 0.5) is 0 Å². The molecule has 9 heteroatoms. The number of phenols is 1. The molecule has 27 heavy (non-hydrogen) atoms. The number of methoxy groups -OCH3 is 1. The van der Waals surface area contributed by atoms with E-state index in [-0.39, 0.29) is 36.2 Å². The lowest BCUT2D eigenvalue weighted by Crippen LogP contribution is -2.34. The molecule has 1 aliphatic heterocycles. The number of phenolic OH excluding ortho intramolecular Hbond substituents is 1. The van der Waals surface area contributed by atoms with Gasteiger partial charge in [-0.3, -0.25) is 0 Å². The molecule has 1 heterocycles. The number of para-hydroxylation sites is 1. The quantitative estimate of drug-likeness (QED) is 0.515. The molecule has 150 valence electrons. The fourth-order valence-electron chi connectivity index (χ4n) is 2.23. The second-order valence-corrected chi connectivity index (χ2v) is 6.00. The smallest absolute Gasteiger partial charge is 0.335 e. The molecule has 0 fully saturated rings. The minimum atomic E-state index is -1.36. The zero-order valence-electron chi connectivity index (χ0n) is 15.5. The topological polar surface area (TPSA) is 116 Å². The van der Waals surface area contributed by atoms with Crippen molar-refractivity contribution in [1.29, 1.82) is 0 Å². The van der Waals surface area contributed by atoms with Crippen LogP contribution in [0.1, 0.15) is 12.5 Å². The molecule has 9 nitrogen and oxygen atoms in total. The summed E-state index contributed by atoms with van der Waals surface area (Å²) in [6.07, 6.45) is 0. The molecule has 2 rings (SSSR count). The third-order valence-electron chi connectivity index (χ3n) is 3.82. The maximum atomic E-state index is 11.3. The van der Waals surface area contributed by atoms with E-state index in [0.29, 0.717) is 33.0 Å². The van der Waals surface area contributed by atoms with E-state index >= 15 is 0 Å². The molecule has 0 radical (unpaired) electrons. The number of carboxylic acids is 1. The molecule has 0 saturated heterocycles. The highest BCUT2D eigenvalue weighted by Gasteiger charge is 2.40. The van der Waals surface area contributed by atoms with Gasteiger partial charge in [0.15, 0.2) is 17.0 Å². The van der Waals surface area contributed by atoms with Gasteiger partial charge in [-0.25, -0.2) is 9.79 Å². The standard InChI is InChI=1S/C18H25NO8/c1-18(17(21)22)12-27-16(19-18)13-4-3-5-14(15(13)20)26-11-10-25-9-8-24-7-6-23-2/h3-5,20H,6-12H2,1-2H3,(H,21,22)/t18-/m1/s1. The van der Waals surface area contributed by atoms with Crippen LogP contribution in [0.2, 0.25) is 0 Å². The van der Waals surface area contributed by atoms with Crippen LogP contribution < -0.4 is 4.74 Å². The summed E-state index contributed by atoms with van der Waals surface area (Å²) >= 11 is 0. The van der Waals surface area contributed by atoms with Gasteiger partial charge in [0, 0.05) is 7.11 Å². The summed E-state index contributed by atoms with van der Waals surface area (Å²) in [5, 5.41) is 19.6. The van der Waals surface area contributed by atoms with E-state index in [1.807, 2.05) is 0 Å². The Kier molecular flexibility index (Phi) is 7.83. The summed E-state index contributed by atoms with van der Waals surface area (Å²) in [5.41, 5.74) is -1.08. The van der Waals surface area contributed by atoms with Gasteiger partial charge < -0.3 is 33.9 Å². The van der Waals surface area contributed by atoms with E-state index in [4.69, 9.17) is 23.7 Å². The molecule has 0 spiro atoms. The highest BCUT2D eigenvalue weighted by atomic mass is 16.6. The van der Waals surface area contributed by atoms with Crippen LogP contribution in [0.5, 0.6) is 11.5 Å². The number of rotatable bonds is 12. The predicted molar refractivity (Wildman–Crippen MR) is 95.6 cm³/mol. The fraction of sp³-hybridized carbons (Fsp3) is 0.556. The number of carboxylic acid groups (broad SMARTS) is 1. The summed E-state index contributed by atoms with van der Waals surface area (Å²) in [7, 11) is 1.61. The molecule has 0 bridgehead atoms. The number of benzene rings is 1. The summed E-state index contributed by atoms with van der Waals surface area (Å²) in [6, 6.07) is 4.85. The van der Waals surface area contributed by atoms with Gasteiger partial charge in [-0.1, -0.05) is 6.07 Å². The molecule has 1 aromatic rings. The highest BCUT2D eigenvalue weighted by Crippen LogP contribution is 2.33. The minimum absolute atomic E-state index is 0.0762. The summed E-state index contributed by atoms with van der Waals surface area (Å²) < 4.78 is 26.4. The Morgan fingerprint density at radius 1 is 1.19 bits per heavy atom. The number of nitrogens with zero attached hydrogens (tertiary/aromatic N) is 1. The Morgan fingerprint density at radius 2 is 1.85 bits per heavy atom. The van der Waals surface area contributed by atoms with Crippen molar-refractivity contribution in [3.05, 3.63) is 23.8 Å². The van der Waals surface area contributed by atoms with E-state index in [0.717, 1.165) is 0 Å². The van der Waals surface area contributed by atoms with Crippen LogP contribution in [-0.2, 0) is 23.7 Å². The van der Waals surface area contributed by atoms with Crippen LogP contribution in [0.15, 0.2) is 23.2 Å². The fourth-order valence-corrected chi connectivity index (χ4v) is 2.23. The van der Waals surface area contributed by atoms with Crippen LogP contribution in [-0.4, -0.2) is 81.0 Å². The molecule has 2 N–H and O–H groups in total. The molecule has 1 aromatic carbocycles. The summed E-state index contributed by atoms with van der Waals surface area (Å²) in [6.45, 7) is 3.87. The van der Waals surface area contributed by atoms with Crippen molar-refractivity contribution in [3.8, 4) is 11.5 Å². The number of hydrogen-bond acceptors (Lipinski definition) is 8. The molecule has 0 saturated carbocycles. The SMILES string of the molecule is COCCOCCOCCOc1cccc(C2=N[C@@](C)(C(=O)O)CO2)c1O. The van der Waals surface area contributed by atoms with Gasteiger partial charge in [0.25, 0.3) is 0 Å². The average molecular weight is 383 g/mol. The number of aliphatic carboxylic acids is 1. The number of carbonyl (C=O) groups is 1. The van der Waals surface area contributed by atoms with Gasteiger partial charge in [-0.15, -0.1) is 0 Å². The Balaban J connectivity index is 1.83. The summed E-state index contributed by atoms with van der Waals surface area (Å²) in [4.78, 5) is 15.3. The first-order chi connectivity index (χ1) is 13.0. The molecule has 0 amide bonds. The normalized spacial score (nSPS) is 18.8. The highest BCUT2D eigenvalue weighted by molar-refractivity contribution is 6.01. The maximum Gasteiger partial charge on any atom is 0.335 e. The van der Waals surface area contributed by atoms with Crippen LogP contribution in [0, 0.1) is 0 Å². The van der Waals surface area contributed by atoms with Gasteiger partial charge in [0.2, 0.25) is 5.90 Å². The lowest BCUT2D eigenvalue weighted by molar-refractivity contribution is -0.142. The van der Waals surface area contributed by atoms with Crippen LogP contribution in [0.3, 0.4) is 0 Å². The lowest BCUT2D eigenvalue weighted by atomic mass is 10.1. The molecule has 0 aliphatic carbocycles. The molecule has 0 unspecified atom stereocenters. The van der Waals surface area contributed by atoms with Crippen LogP contribution >= 0.6 is 0 Å². The predicted octanol–water partition coefficient (Wildman–Crippen LogP) is 1.07. The zero-order valence-corrected chi connectivity index (χ0v) is 15.5. The van der Waals surface area contributed by atoms with Gasteiger partial charge >= 0.3 is 5.97 Å². The van der Waals surface area contributed by atoms with Crippen molar-refractivity contribution in [2.24, 2.45) is 4.99 Å². The van der Waals surface area contributed by atoms with Crippen LogP contribution in [0.25, 0.3) is 0 Å². The number of hydrogen-bond donors (Lipinski definition) is 2. The van der Waals surface area contributed by atoms with Gasteiger partial charge in [-0.05, 0) is 19.1 Å². The van der Waals surface area contributed by atoms with Crippen molar-refractivity contribution in [1.82, 2.24) is 0 Å². The van der Waals surface area contributed by atoms with E-state index in [1.165, 1.54) is 6.92 Å². The lowest BCUT2D eigenvalue weighted by Gasteiger charge is -2.11. The monoisotopic (exact) mass is 383 g/mol. The van der Waals surface area contributed by atoms with E-state index in [9.17, 15) is 15.0 Å². The van der Waals surface area contributed by atoms with Crippen molar-refractivity contribution in [2.75, 3.05) is 53.4 Å². The first-order valence-corrected chi connectivity index (χ1v) is 8.53. The molecular weight excluding hydrogens is 358 g/mol. The van der Waals surface area contributed by atoms with Crippen molar-refractivity contribution < 1.29 is 38.7 Å². The number of ether oxygens (including phenoxy) is 5. The number of aliphatic imine (C=N–C) groups is 1. The van der Waals surface area contributed by atoms with E-state index in [1.54, 1.807) is 25.3 Å². The molecule has 0 aromatic heterocycles. The Morgan fingerprint density at radius 3 is 2.48 bits per heavy atom. The van der Waals surface area contributed by atoms with Gasteiger partial charge in [0.1, 0.15) is 13.2 Å². The Labute approximate surface area is 157 Å². The van der Waals surface area contributed by atoms with E-state index < -0.39 is 11.5 Å². The molecule has 1 aliphatic rings.